The van der Waals surface area contributed by atoms with Crippen molar-refractivity contribution in [2.75, 3.05) is 13.2 Å². The molecule has 5 heteroatoms. The number of aliphatic hydroxyl groups excluding tert-OH is 1. The van der Waals surface area contributed by atoms with Crippen molar-refractivity contribution >= 4 is 5.91 Å². The molecule has 0 fully saturated rings. The van der Waals surface area contributed by atoms with Crippen LogP contribution in [0, 0.1) is 11.3 Å². The first-order valence-corrected chi connectivity index (χ1v) is 7.29. The van der Waals surface area contributed by atoms with Gasteiger partial charge in [0.15, 0.2) is 0 Å². The number of aliphatic hydroxyl groups is 1. The Morgan fingerprint density at radius 2 is 1.74 bits per heavy atom. The smallest absolute Gasteiger partial charge is 0.224 e. The molecule has 0 heterocycles. The molecule has 0 aliphatic carbocycles. The molecule has 5 nitrogen and oxygen atoms in total. The van der Waals surface area contributed by atoms with Crippen LogP contribution in [0.4, 0.5) is 0 Å². The molecule has 0 aromatic heterocycles. The van der Waals surface area contributed by atoms with Gasteiger partial charge >= 0.3 is 0 Å². The molecule has 0 saturated carbocycles. The van der Waals surface area contributed by atoms with E-state index in [0.29, 0.717) is 17.9 Å². The molecule has 0 spiro atoms. The van der Waals surface area contributed by atoms with Gasteiger partial charge in [-0.05, 0) is 35.4 Å². The molecule has 23 heavy (non-hydrogen) atoms. The van der Waals surface area contributed by atoms with Crippen molar-refractivity contribution in [2.45, 2.75) is 13.0 Å². The highest BCUT2D eigenvalue weighted by atomic mass is 16.5. The fourth-order valence-corrected chi connectivity index (χ4v) is 1.99. The number of benzene rings is 2. The second-order valence-electron chi connectivity index (χ2n) is 4.99. The number of nitrogens with zero attached hydrogens (tertiary/aromatic N) is 1. The van der Waals surface area contributed by atoms with Gasteiger partial charge < -0.3 is 15.2 Å². The Balaban J connectivity index is 1.84. The summed E-state index contributed by atoms with van der Waals surface area (Å²) in [6, 6.07) is 16.6. The zero-order valence-corrected chi connectivity index (χ0v) is 12.7. The highest BCUT2D eigenvalue weighted by Gasteiger charge is 2.03. The van der Waals surface area contributed by atoms with Crippen molar-refractivity contribution in [1.82, 2.24) is 5.32 Å². The monoisotopic (exact) mass is 310 g/mol. The highest BCUT2D eigenvalue weighted by molar-refractivity contribution is 5.78. The summed E-state index contributed by atoms with van der Waals surface area (Å²) in [5.74, 6) is 0.596. The highest BCUT2D eigenvalue weighted by Crippen LogP contribution is 2.15. The zero-order valence-electron chi connectivity index (χ0n) is 12.7. The molecule has 2 aromatic carbocycles. The third-order valence-corrected chi connectivity index (χ3v) is 3.21. The molecule has 118 valence electrons. The van der Waals surface area contributed by atoms with Gasteiger partial charge in [0, 0.05) is 6.54 Å². The van der Waals surface area contributed by atoms with Gasteiger partial charge in [0.05, 0.1) is 24.7 Å². The number of nitrogens with one attached hydrogen (secondary N) is 1. The quantitative estimate of drug-likeness (QED) is 0.817. The maximum absolute atomic E-state index is 11.5. The molecule has 0 radical (unpaired) electrons. The van der Waals surface area contributed by atoms with Gasteiger partial charge in [-0.2, -0.15) is 5.26 Å². The molecule has 2 N–H and O–H groups in total. The number of ether oxygens (including phenoxy) is 1. The van der Waals surface area contributed by atoms with Crippen LogP contribution in [0.15, 0.2) is 48.5 Å². The van der Waals surface area contributed by atoms with E-state index in [1.165, 1.54) is 0 Å². The summed E-state index contributed by atoms with van der Waals surface area (Å²) in [4.78, 5) is 11.5. The lowest BCUT2D eigenvalue weighted by Crippen LogP contribution is -2.27. The van der Waals surface area contributed by atoms with Crippen LogP contribution in [0.1, 0.15) is 16.7 Å². The fourth-order valence-electron chi connectivity index (χ4n) is 1.99. The van der Waals surface area contributed by atoms with Gasteiger partial charge in [0.2, 0.25) is 5.91 Å². The van der Waals surface area contributed by atoms with E-state index in [0.717, 1.165) is 11.1 Å². The van der Waals surface area contributed by atoms with E-state index in [4.69, 9.17) is 15.1 Å². The van der Waals surface area contributed by atoms with Crippen molar-refractivity contribution in [3.8, 4) is 11.8 Å². The van der Waals surface area contributed by atoms with Crippen LogP contribution in [0.5, 0.6) is 5.75 Å². The summed E-state index contributed by atoms with van der Waals surface area (Å²) in [6.45, 7) is 0.626. The van der Waals surface area contributed by atoms with Gasteiger partial charge in [-0.25, -0.2) is 0 Å². The first kappa shape index (κ1) is 16.5. The van der Waals surface area contributed by atoms with Crippen molar-refractivity contribution in [1.29, 1.82) is 5.26 Å². The zero-order chi connectivity index (χ0) is 16.5. The Morgan fingerprint density at radius 1 is 1.09 bits per heavy atom. The van der Waals surface area contributed by atoms with E-state index < -0.39 is 0 Å². The van der Waals surface area contributed by atoms with E-state index >= 15 is 0 Å². The van der Waals surface area contributed by atoms with E-state index in [2.05, 4.69) is 11.4 Å². The van der Waals surface area contributed by atoms with Gasteiger partial charge in [0.1, 0.15) is 12.4 Å². The topological polar surface area (TPSA) is 82.3 Å². The predicted octanol–water partition coefficient (Wildman–Crippen LogP) is 1.79. The van der Waals surface area contributed by atoms with Crippen molar-refractivity contribution in [2.24, 2.45) is 0 Å². The number of nitriles is 1. The average Bonchev–Trinajstić information content (AvgIpc) is 2.60. The van der Waals surface area contributed by atoms with Gasteiger partial charge in [-0.3, -0.25) is 4.79 Å². The first-order chi connectivity index (χ1) is 11.2. The Hall–Kier alpha value is -2.84. The molecule has 1 amide bonds. The summed E-state index contributed by atoms with van der Waals surface area (Å²) in [5.41, 5.74) is 2.49. The minimum atomic E-state index is -0.120. The lowest BCUT2D eigenvalue weighted by molar-refractivity contribution is -0.120. The lowest BCUT2D eigenvalue weighted by atomic mass is 10.1. The second kappa shape index (κ2) is 8.57. The fraction of sp³-hybridized carbons (Fsp3) is 0.222. The normalized spacial score (nSPS) is 9.91. The molecule has 0 saturated heterocycles. The molecule has 0 aliphatic rings. The van der Waals surface area contributed by atoms with E-state index in [1.807, 2.05) is 36.4 Å². The third-order valence-electron chi connectivity index (χ3n) is 3.21. The molecule has 0 unspecified atom stereocenters. The Labute approximate surface area is 135 Å². The lowest BCUT2D eigenvalue weighted by Gasteiger charge is -2.08. The van der Waals surface area contributed by atoms with Crippen molar-refractivity contribution in [3.05, 3.63) is 65.2 Å². The number of carbonyl (C=O) groups excluding carboxylic acids is 1. The first-order valence-electron chi connectivity index (χ1n) is 7.29. The van der Waals surface area contributed by atoms with Gasteiger partial charge in [-0.15, -0.1) is 0 Å². The second-order valence-corrected chi connectivity index (χ2v) is 4.99. The summed E-state index contributed by atoms with van der Waals surface area (Å²) < 4.78 is 5.67. The van der Waals surface area contributed by atoms with Crippen molar-refractivity contribution in [3.63, 3.8) is 0 Å². The van der Waals surface area contributed by atoms with E-state index in [1.54, 1.807) is 12.1 Å². The van der Waals surface area contributed by atoms with Crippen molar-refractivity contribution < 1.29 is 14.6 Å². The van der Waals surface area contributed by atoms with Crippen LogP contribution in [-0.2, 0) is 17.8 Å². The summed E-state index contributed by atoms with van der Waals surface area (Å²) in [7, 11) is 0. The number of hydrogen-bond donors (Lipinski definition) is 2. The predicted molar refractivity (Wildman–Crippen MR) is 85.7 cm³/mol. The molecule has 0 atom stereocenters. The number of rotatable bonds is 7. The van der Waals surface area contributed by atoms with Gasteiger partial charge in [0.25, 0.3) is 0 Å². The molecule has 0 bridgehead atoms. The maximum atomic E-state index is 11.5. The minimum absolute atomic E-state index is 0.0616. The number of carbonyl (C=O) groups is 1. The Kier molecular flexibility index (Phi) is 6.16. The summed E-state index contributed by atoms with van der Waals surface area (Å²) in [5, 5.41) is 20.0. The van der Waals surface area contributed by atoms with Crippen LogP contribution in [0.2, 0.25) is 0 Å². The largest absolute Gasteiger partial charge is 0.489 e. The molecule has 0 aliphatic heterocycles. The number of amides is 1. The van der Waals surface area contributed by atoms with Crippen LogP contribution in [0.3, 0.4) is 0 Å². The minimum Gasteiger partial charge on any atom is -0.489 e. The SMILES string of the molecule is N#Cc1ccc(COc2ccc(CC(=O)NCCO)cc2)cc1. The third kappa shape index (κ3) is 5.46. The number of hydrogen-bond acceptors (Lipinski definition) is 4. The Morgan fingerprint density at radius 3 is 2.35 bits per heavy atom. The summed E-state index contributed by atoms with van der Waals surface area (Å²) >= 11 is 0. The van der Waals surface area contributed by atoms with E-state index in [-0.39, 0.29) is 25.5 Å². The standard InChI is InChI=1S/C18H18N2O3/c19-12-15-1-3-16(4-2-15)13-23-17-7-5-14(6-8-17)11-18(22)20-9-10-21/h1-8,21H,9-11,13H2,(H,20,22). The Bertz CT molecular complexity index is 673. The maximum Gasteiger partial charge on any atom is 0.224 e. The van der Waals surface area contributed by atoms with Gasteiger partial charge in [-0.1, -0.05) is 24.3 Å². The van der Waals surface area contributed by atoms with Crippen LogP contribution in [0.25, 0.3) is 0 Å². The van der Waals surface area contributed by atoms with Crippen LogP contribution in [-0.4, -0.2) is 24.2 Å². The van der Waals surface area contributed by atoms with Crippen LogP contribution < -0.4 is 10.1 Å². The average molecular weight is 310 g/mol. The molecule has 2 rings (SSSR count). The summed E-state index contributed by atoms with van der Waals surface area (Å²) in [6.07, 6.45) is 0.274. The molecule has 2 aromatic rings. The molecular weight excluding hydrogens is 292 g/mol. The van der Waals surface area contributed by atoms with E-state index in [9.17, 15) is 4.79 Å². The van der Waals surface area contributed by atoms with Crippen LogP contribution >= 0.6 is 0 Å². The molecular formula is C18H18N2O3.